The van der Waals surface area contributed by atoms with Gasteiger partial charge in [-0.3, -0.25) is 9.59 Å². The number of amides is 2. The summed E-state index contributed by atoms with van der Waals surface area (Å²) in [6, 6.07) is 14.8. The number of nitrogens with two attached hydrogens (primary N) is 1. The van der Waals surface area contributed by atoms with Gasteiger partial charge in [0.15, 0.2) is 0 Å². The zero-order valence-electron chi connectivity index (χ0n) is 12.1. The summed E-state index contributed by atoms with van der Waals surface area (Å²) < 4.78 is 0.886. The van der Waals surface area contributed by atoms with Crippen LogP contribution >= 0.6 is 15.9 Å². The Hall–Kier alpha value is -2.65. The molecule has 0 heterocycles. The van der Waals surface area contributed by atoms with Gasteiger partial charge in [0.25, 0.3) is 5.91 Å². The molecule has 0 saturated heterocycles. The molecule has 23 heavy (non-hydrogen) atoms. The molecule has 0 saturated carbocycles. The number of carbonyl (C=O) groups excluding carboxylic acids is 2. The van der Waals surface area contributed by atoms with Crippen molar-refractivity contribution in [1.82, 2.24) is 5.32 Å². The largest absolute Gasteiger partial charge is 0.368 e. The van der Waals surface area contributed by atoms with Crippen molar-refractivity contribution < 1.29 is 9.59 Å². The van der Waals surface area contributed by atoms with E-state index < -0.39 is 17.9 Å². The lowest BCUT2D eigenvalue weighted by Gasteiger charge is -2.16. The fourth-order valence-corrected chi connectivity index (χ4v) is 2.51. The Morgan fingerprint density at radius 1 is 1.22 bits per heavy atom. The molecule has 2 rings (SSSR count). The molecular formula is C17H14BrN3O2. The molecule has 116 valence electrons. The average Bonchev–Trinajstić information content (AvgIpc) is 2.54. The molecule has 0 unspecified atom stereocenters. The highest BCUT2D eigenvalue weighted by molar-refractivity contribution is 9.10. The molecule has 0 fully saturated rings. The normalized spacial score (nSPS) is 11.3. The summed E-state index contributed by atoms with van der Waals surface area (Å²) in [5.41, 5.74) is 7.09. The van der Waals surface area contributed by atoms with Gasteiger partial charge in [-0.25, -0.2) is 0 Å². The van der Waals surface area contributed by atoms with Gasteiger partial charge in [0.1, 0.15) is 6.04 Å². The summed E-state index contributed by atoms with van der Waals surface area (Å²) in [6.07, 6.45) is 0.302. The number of hydrogen-bond donors (Lipinski definition) is 2. The third-order valence-electron chi connectivity index (χ3n) is 3.25. The molecule has 0 aliphatic rings. The first-order valence-corrected chi connectivity index (χ1v) is 7.63. The van der Waals surface area contributed by atoms with Crippen molar-refractivity contribution >= 4 is 27.7 Å². The molecule has 0 radical (unpaired) electrons. The van der Waals surface area contributed by atoms with E-state index in [4.69, 9.17) is 11.0 Å². The quantitative estimate of drug-likeness (QED) is 0.842. The van der Waals surface area contributed by atoms with Crippen molar-refractivity contribution in [3.63, 3.8) is 0 Å². The molecule has 0 aliphatic carbocycles. The molecule has 1 atom stereocenters. The molecule has 0 bridgehead atoms. The first kappa shape index (κ1) is 16.7. The van der Waals surface area contributed by atoms with E-state index in [2.05, 4.69) is 21.2 Å². The highest BCUT2D eigenvalue weighted by atomic mass is 79.9. The number of halogens is 1. The van der Waals surface area contributed by atoms with E-state index in [1.807, 2.05) is 30.3 Å². The predicted octanol–water partition coefficient (Wildman–Crippen LogP) is 2.15. The molecule has 0 aromatic heterocycles. The predicted molar refractivity (Wildman–Crippen MR) is 89.5 cm³/mol. The number of benzene rings is 2. The van der Waals surface area contributed by atoms with Crippen LogP contribution in [0, 0.1) is 11.3 Å². The molecule has 2 aromatic carbocycles. The first-order chi connectivity index (χ1) is 11.0. The van der Waals surface area contributed by atoms with Crippen molar-refractivity contribution in [2.24, 2.45) is 5.73 Å². The van der Waals surface area contributed by atoms with Crippen LogP contribution in [0.1, 0.15) is 21.5 Å². The Morgan fingerprint density at radius 2 is 1.91 bits per heavy atom. The lowest BCUT2D eigenvalue weighted by atomic mass is 10.0. The van der Waals surface area contributed by atoms with Crippen LogP contribution in [-0.2, 0) is 11.2 Å². The van der Waals surface area contributed by atoms with Crippen LogP contribution in [0.25, 0.3) is 0 Å². The van der Waals surface area contributed by atoms with Crippen LogP contribution < -0.4 is 11.1 Å². The summed E-state index contributed by atoms with van der Waals surface area (Å²) in [5, 5.41) is 11.4. The summed E-state index contributed by atoms with van der Waals surface area (Å²) in [5.74, 6) is -1.01. The standard InChI is InChI=1S/C17H14BrN3O2/c18-14-3-1-2-12(8-14)9-15(16(20)22)21-17(23)13-6-4-11(10-19)5-7-13/h1-8,15H,9H2,(H2,20,22)(H,21,23)/t15-/m1/s1. The number of hydrogen-bond acceptors (Lipinski definition) is 3. The van der Waals surface area contributed by atoms with Crippen LogP contribution in [0.5, 0.6) is 0 Å². The average molecular weight is 372 g/mol. The summed E-state index contributed by atoms with van der Waals surface area (Å²) in [7, 11) is 0. The van der Waals surface area contributed by atoms with Crippen molar-refractivity contribution in [3.05, 3.63) is 69.7 Å². The zero-order valence-corrected chi connectivity index (χ0v) is 13.7. The van der Waals surface area contributed by atoms with Crippen molar-refractivity contribution in [2.45, 2.75) is 12.5 Å². The summed E-state index contributed by atoms with van der Waals surface area (Å²) in [4.78, 5) is 23.8. The Balaban J connectivity index is 2.11. The molecule has 3 N–H and O–H groups in total. The van der Waals surface area contributed by atoms with Gasteiger partial charge in [-0.15, -0.1) is 0 Å². The minimum absolute atomic E-state index is 0.302. The van der Waals surface area contributed by atoms with Crippen LogP contribution in [0.2, 0.25) is 0 Å². The second kappa shape index (κ2) is 7.56. The first-order valence-electron chi connectivity index (χ1n) is 6.84. The number of carbonyl (C=O) groups is 2. The van der Waals surface area contributed by atoms with Gasteiger partial charge in [-0.1, -0.05) is 28.1 Å². The topological polar surface area (TPSA) is 96.0 Å². The molecule has 5 nitrogen and oxygen atoms in total. The Bertz CT molecular complexity index is 766. The van der Waals surface area contributed by atoms with Gasteiger partial charge in [0.2, 0.25) is 5.91 Å². The maximum atomic E-state index is 12.2. The SMILES string of the molecule is N#Cc1ccc(C(=O)N[C@H](Cc2cccc(Br)c2)C(N)=O)cc1. The third-order valence-corrected chi connectivity index (χ3v) is 3.75. The van der Waals surface area contributed by atoms with Crippen LogP contribution in [-0.4, -0.2) is 17.9 Å². The lowest BCUT2D eigenvalue weighted by Crippen LogP contribution is -2.45. The molecule has 0 spiro atoms. The maximum absolute atomic E-state index is 12.2. The number of rotatable bonds is 5. The maximum Gasteiger partial charge on any atom is 0.251 e. The van der Waals surface area contributed by atoms with Crippen LogP contribution in [0.4, 0.5) is 0 Å². The summed E-state index contributed by atoms with van der Waals surface area (Å²) in [6.45, 7) is 0. The van der Waals surface area contributed by atoms with E-state index in [1.165, 1.54) is 12.1 Å². The minimum atomic E-state index is -0.813. The van der Waals surface area contributed by atoms with Crippen molar-refractivity contribution in [2.75, 3.05) is 0 Å². The monoisotopic (exact) mass is 371 g/mol. The van der Waals surface area contributed by atoms with Gasteiger partial charge in [-0.2, -0.15) is 5.26 Å². The number of primary amides is 1. The fraction of sp³-hybridized carbons (Fsp3) is 0.118. The van der Waals surface area contributed by atoms with E-state index in [0.717, 1.165) is 10.0 Å². The lowest BCUT2D eigenvalue weighted by molar-refractivity contribution is -0.119. The van der Waals surface area contributed by atoms with Crippen molar-refractivity contribution in [3.8, 4) is 6.07 Å². The molecule has 2 aromatic rings. The van der Waals surface area contributed by atoms with E-state index in [0.29, 0.717) is 17.5 Å². The van der Waals surface area contributed by atoms with Crippen LogP contribution in [0.3, 0.4) is 0 Å². The Kier molecular flexibility index (Phi) is 5.50. The second-order valence-corrected chi connectivity index (χ2v) is 5.87. The minimum Gasteiger partial charge on any atom is -0.368 e. The van der Waals surface area contributed by atoms with E-state index in [1.54, 1.807) is 12.1 Å². The van der Waals surface area contributed by atoms with E-state index in [9.17, 15) is 9.59 Å². The van der Waals surface area contributed by atoms with E-state index in [-0.39, 0.29) is 0 Å². The smallest absolute Gasteiger partial charge is 0.251 e. The molecule has 6 heteroatoms. The number of nitrogens with one attached hydrogen (secondary N) is 1. The Labute approximate surface area is 142 Å². The molecular weight excluding hydrogens is 358 g/mol. The molecule has 2 amide bonds. The Morgan fingerprint density at radius 3 is 2.48 bits per heavy atom. The van der Waals surface area contributed by atoms with Gasteiger partial charge in [0.05, 0.1) is 11.6 Å². The van der Waals surface area contributed by atoms with E-state index >= 15 is 0 Å². The third kappa shape index (κ3) is 4.66. The highest BCUT2D eigenvalue weighted by Crippen LogP contribution is 2.13. The highest BCUT2D eigenvalue weighted by Gasteiger charge is 2.19. The molecule has 0 aliphatic heterocycles. The van der Waals surface area contributed by atoms with Crippen molar-refractivity contribution in [1.29, 1.82) is 5.26 Å². The van der Waals surface area contributed by atoms with Gasteiger partial charge < -0.3 is 11.1 Å². The second-order valence-electron chi connectivity index (χ2n) is 4.95. The fourth-order valence-electron chi connectivity index (χ4n) is 2.06. The van der Waals surface area contributed by atoms with Crippen LogP contribution in [0.15, 0.2) is 53.0 Å². The summed E-state index contributed by atoms with van der Waals surface area (Å²) >= 11 is 3.36. The zero-order chi connectivity index (χ0) is 16.8. The van der Waals surface area contributed by atoms with Gasteiger partial charge in [-0.05, 0) is 42.0 Å². The number of nitrogens with zero attached hydrogens (tertiary/aromatic N) is 1. The van der Waals surface area contributed by atoms with Gasteiger partial charge in [0, 0.05) is 16.5 Å². The van der Waals surface area contributed by atoms with Gasteiger partial charge >= 0.3 is 0 Å². The number of nitriles is 1.